The van der Waals surface area contributed by atoms with Crippen molar-refractivity contribution in [2.24, 2.45) is 11.7 Å². The standard InChI is InChI=1S/C13H17ClN4O/c1-8(2)13(3,12(15)19)18-10-4-5-16-7-9(10)17-11(18)6-14/h4-5,7-8H,6H2,1-3H3,(H2,15,19). The summed E-state index contributed by atoms with van der Waals surface area (Å²) in [6.07, 6.45) is 3.32. The largest absolute Gasteiger partial charge is 0.368 e. The first-order chi connectivity index (χ1) is 8.92. The van der Waals surface area contributed by atoms with Crippen molar-refractivity contribution in [2.45, 2.75) is 32.2 Å². The summed E-state index contributed by atoms with van der Waals surface area (Å²) in [7, 11) is 0. The number of carbonyl (C=O) groups excluding carboxylic acids is 1. The molecule has 0 aliphatic rings. The Bertz CT molecular complexity index is 622. The van der Waals surface area contributed by atoms with E-state index < -0.39 is 11.4 Å². The number of pyridine rings is 1. The summed E-state index contributed by atoms with van der Waals surface area (Å²) in [6.45, 7) is 5.73. The third-order valence-electron chi connectivity index (χ3n) is 3.73. The Hall–Kier alpha value is -1.62. The minimum absolute atomic E-state index is 0.0116. The Morgan fingerprint density at radius 2 is 2.26 bits per heavy atom. The van der Waals surface area contributed by atoms with Crippen molar-refractivity contribution in [1.29, 1.82) is 0 Å². The summed E-state index contributed by atoms with van der Waals surface area (Å²) in [5, 5.41) is 0. The molecule has 2 heterocycles. The number of fused-ring (bicyclic) bond motifs is 1. The minimum Gasteiger partial charge on any atom is -0.368 e. The van der Waals surface area contributed by atoms with Gasteiger partial charge in [0.05, 0.1) is 17.6 Å². The van der Waals surface area contributed by atoms with Gasteiger partial charge in [0.2, 0.25) is 5.91 Å². The molecule has 0 fully saturated rings. The van der Waals surface area contributed by atoms with Gasteiger partial charge in [-0.25, -0.2) is 4.98 Å². The maximum Gasteiger partial charge on any atom is 0.243 e. The number of carbonyl (C=O) groups is 1. The molecule has 1 unspecified atom stereocenters. The molecule has 0 saturated carbocycles. The van der Waals surface area contributed by atoms with Gasteiger partial charge in [-0.3, -0.25) is 9.78 Å². The number of rotatable bonds is 4. The smallest absolute Gasteiger partial charge is 0.243 e. The highest BCUT2D eigenvalue weighted by atomic mass is 35.5. The molecule has 0 aliphatic heterocycles. The molecule has 0 aromatic carbocycles. The van der Waals surface area contributed by atoms with Gasteiger partial charge in [-0.15, -0.1) is 11.6 Å². The van der Waals surface area contributed by atoms with E-state index in [0.29, 0.717) is 11.3 Å². The van der Waals surface area contributed by atoms with Gasteiger partial charge in [0.1, 0.15) is 16.9 Å². The molecule has 1 atom stereocenters. The zero-order valence-electron chi connectivity index (χ0n) is 11.2. The second kappa shape index (κ2) is 4.81. The Balaban J connectivity index is 2.82. The number of amides is 1. The van der Waals surface area contributed by atoms with Crippen LogP contribution in [0.5, 0.6) is 0 Å². The van der Waals surface area contributed by atoms with E-state index in [1.807, 2.05) is 31.4 Å². The maximum absolute atomic E-state index is 12.0. The predicted molar refractivity (Wildman–Crippen MR) is 74.8 cm³/mol. The predicted octanol–water partition coefficient (Wildman–Crippen LogP) is 2.03. The van der Waals surface area contributed by atoms with Crippen LogP contribution in [0.4, 0.5) is 0 Å². The van der Waals surface area contributed by atoms with E-state index >= 15 is 0 Å². The van der Waals surface area contributed by atoms with Crippen LogP contribution in [0.25, 0.3) is 11.0 Å². The van der Waals surface area contributed by atoms with Gasteiger partial charge in [0, 0.05) is 6.20 Å². The van der Waals surface area contributed by atoms with E-state index in [2.05, 4.69) is 9.97 Å². The fourth-order valence-electron chi connectivity index (χ4n) is 2.24. The van der Waals surface area contributed by atoms with Crippen LogP contribution in [0, 0.1) is 5.92 Å². The van der Waals surface area contributed by atoms with Crippen LogP contribution in [-0.4, -0.2) is 20.4 Å². The lowest BCUT2D eigenvalue weighted by molar-refractivity contribution is -0.127. The second-order valence-corrected chi connectivity index (χ2v) is 5.30. The lowest BCUT2D eigenvalue weighted by Crippen LogP contribution is -2.48. The molecule has 19 heavy (non-hydrogen) atoms. The molecule has 0 saturated heterocycles. The van der Waals surface area contributed by atoms with Gasteiger partial charge in [-0.2, -0.15) is 0 Å². The monoisotopic (exact) mass is 280 g/mol. The van der Waals surface area contributed by atoms with Crippen molar-refractivity contribution in [1.82, 2.24) is 14.5 Å². The van der Waals surface area contributed by atoms with E-state index in [-0.39, 0.29) is 11.8 Å². The van der Waals surface area contributed by atoms with E-state index in [0.717, 1.165) is 5.52 Å². The van der Waals surface area contributed by atoms with Crippen LogP contribution in [-0.2, 0) is 16.2 Å². The van der Waals surface area contributed by atoms with Gasteiger partial charge < -0.3 is 10.3 Å². The summed E-state index contributed by atoms with van der Waals surface area (Å²) < 4.78 is 1.84. The highest BCUT2D eigenvalue weighted by molar-refractivity contribution is 6.17. The molecule has 2 aromatic rings. The molecule has 6 heteroatoms. The number of nitrogens with two attached hydrogens (primary N) is 1. The first kappa shape index (κ1) is 13.8. The summed E-state index contributed by atoms with van der Waals surface area (Å²) in [4.78, 5) is 20.4. The van der Waals surface area contributed by atoms with Gasteiger partial charge in [0.15, 0.2) is 0 Å². The van der Waals surface area contributed by atoms with Gasteiger partial charge in [-0.1, -0.05) is 13.8 Å². The summed E-state index contributed by atoms with van der Waals surface area (Å²) in [5.74, 6) is 0.451. The number of aromatic nitrogens is 3. The minimum atomic E-state index is -0.875. The number of alkyl halides is 1. The average Bonchev–Trinajstić information content (AvgIpc) is 2.75. The highest BCUT2D eigenvalue weighted by Gasteiger charge is 2.39. The maximum atomic E-state index is 12.0. The van der Waals surface area contributed by atoms with Crippen LogP contribution < -0.4 is 5.73 Å². The molecule has 2 N–H and O–H groups in total. The van der Waals surface area contributed by atoms with Crippen LogP contribution in [0.15, 0.2) is 18.5 Å². The van der Waals surface area contributed by atoms with Crippen LogP contribution in [0.3, 0.4) is 0 Å². The zero-order chi connectivity index (χ0) is 14.2. The first-order valence-corrected chi connectivity index (χ1v) is 6.64. The van der Waals surface area contributed by atoms with Crippen molar-refractivity contribution in [3.63, 3.8) is 0 Å². The fraction of sp³-hybridized carbons (Fsp3) is 0.462. The van der Waals surface area contributed by atoms with E-state index in [1.54, 1.807) is 12.4 Å². The number of nitrogens with zero attached hydrogens (tertiary/aromatic N) is 3. The number of halogens is 1. The summed E-state index contributed by atoms with van der Waals surface area (Å²) >= 11 is 5.96. The lowest BCUT2D eigenvalue weighted by Gasteiger charge is -2.33. The van der Waals surface area contributed by atoms with Crippen molar-refractivity contribution >= 4 is 28.5 Å². The van der Waals surface area contributed by atoms with Gasteiger partial charge >= 0.3 is 0 Å². The van der Waals surface area contributed by atoms with Crippen molar-refractivity contribution in [3.8, 4) is 0 Å². The molecule has 0 aliphatic carbocycles. The summed E-state index contributed by atoms with van der Waals surface area (Å²) in [5.41, 5.74) is 6.29. The van der Waals surface area contributed by atoms with Crippen molar-refractivity contribution in [2.75, 3.05) is 0 Å². The molecular weight excluding hydrogens is 264 g/mol. The molecule has 0 bridgehead atoms. The van der Waals surface area contributed by atoms with Crippen molar-refractivity contribution in [3.05, 3.63) is 24.3 Å². The molecule has 2 rings (SSSR count). The SMILES string of the molecule is CC(C)C(C)(C(N)=O)n1c(CCl)nc2cnccc21. The van der Waals surface area contributed by atoms with Crippen molar-refractivity contribution < 1.29 is 4.79 Å². The Morgan fingerprint density at radius 3 is 2.79 bits per heavy atom. The highest BCUT2D eigenvalue weighted by Crippen LogP contribution is 2.32. The lowest BCUT2D eigenvalue weighted by atomic mass is 9.87. The molecule has 1 amide bonds. The normalized spacial score (nSPS) is 14.8. The Kier molecular flexibility index (Phi) is 3.49. The van der Waals surface area contributed by atoms with Crippen LogP contribution in [0.2, 0.25) is 0 Å². The van der Waals surface area contributed by atoms with E-state index in [9.17, 15) is 4.79 Å². The quantitative estimate of drug-likeness (QED) is 0.871. The van der Waals surface area contributed by atoms with E-state index in [1.165, 1.54) is 0 Å². The third kappa shape index (κ3) is 1.98. The molecule has 2 aromatic heterocycles. The number of imidazole rings is 1. The third-order valence-corrected chi connectivity index (χ3v) is 3.97. The zero-order valence-corrected chi connectivity index (χ0v) is 12.0. The first-order valence-electron chi connectivity index (χ1n) is 6.10. The Labute approximate surface area is 116 Å². The fourth-order valence-corrected chi connectivity index (χ4v) is 2.42. The molecule has 102 valence electrons. The second-order valence-electron chi connectivity index (χ2n) is 5.03. The van der Waals surface area contributed by atoms with Crippen LogP contribution >= 0.6 is 11.6 Å². The Morgan fingerprint density at radius 1 is 1.58 bits per heavy atom. The van der Waals surface area contributed by atoms with E-state index in [4.69, 9.17) is 17.3 Å². The number of primary amides is 1. The molecule has 0 spiro atoms. The number of hydrogen-bond donors (Lipinski definition) is 1. The number of hydrogen-bond acceptors (Lipinski definition) is 3. The molecular formula is C13H17ClN4O. The summed E-state index contributed by atoms with van der Waals surface area (Å²) in [6, 6.07) is 1.82. The average molecular weight is 281 g/mol. The molecule has 0 radical (unpaired) electrons. The van der Waals surface area contributed by atoms with Gasteiger partial charge in [-0.05, 0) is 18.9 Å². The van der Waals surface area contributed by atoms with Crippen LogP contribution in [0.1, 0.15) is 26.6 Å². The molecule has 5 nitrogen and oxygen atoms in total. The van der Waals surface area contributed by atoms with Gasteiger partial charge in [0.25, 0.3) is 0 Å². The topological polar surface area (TPSA) is 73.8 Å².